The van der Waals surface area contributed by atoms with Gasteiger partial charge in [-0.05, 0) is 37.1 Å². The average molecular weight is 388 g/mol. The van der Waals surface area contributed by atoms with Crippen molar-refractivity contribution < 1.29 is 22.7 Å². The summed E-state index contributed by atoms with van der Waals surface area (Å²) < 4.78 is 38.1. The number of amides is 1. The van der Waals surface area contributed by atoms with Crippen molar-refractivity contribution >= 4 is 21.6 Å². The molecule has 1 atom stereocenters. The van der Waals surface area contributed by atoms with Crippen LogP contribution in [-0.4, -0.2) is 34.2 Å². The average Bonchev–Trinajstić information content (AvgIpc) is 3.26. The predicted molar refractivity (Wildman–Crippen MR) is 99.4 cm³/mol. The third-order valence-corrected chi connectivity index (χ3v) is 6.21. The molecule has 2 aromatic rings. The lowest BCUT2D eigenvalue weighted by molar-refractivity contribution is -0.117. The minimum absolute atomic E-state index is 0.0339. The van der Waals surface area contributed by atoms with Gasteiger partial charge in [-0.25, -0.2) is 13.1 Å². The summed E-state index contributed by atoms with van der Waals surface area (Å²) in [6.07, 6.45) is 0.296. The topological polar surface area (TPSA) is 84.9 Å². The molecule has 2 aromatic carbocycles. The van der Waals surface area contributed by atoms with E-state index in [1.54, 1.807) is 41.3 Å². The molecule has 142 valence electrons. The van der Waals surface area contributed by atoms with E-state index in [2.05, 4.69) is 4.72 Å². The van der Waals surface area contributed by atoms with Crippen molar-refractivity contribution in [1.82, 2.24) is 4.72 Å². The van der Waals surface area contributed by atoms with Crippen molar-refractivity contribution in [3.8, 4) is 11.5 Å². The number of hydrogen-bond acceptors (Lipinski definition) is 5. The highest BCUT2D eigenvalue weighted by Crippen LogP contribution is 2.37. The van der Waals surface area contributed by atoms with Crippen LogP contribution in [0.25, 0.3) is 0 Å². The summed E-state index contributed by atoms with van der Waals surface area (Å²) in [4.78, 5) is 14.3. The lowest BCUT2D eigenvalue weighted by Gasteiger charge is -2.17. The molecule has 2 aliphatic rings. The first-order valence-electron chi connectivity index (χ1n) is 8.69. The Morgan fingerprint density at radius 2 is 1.85 bits per heavy atom. The summed E-state index contributed by atoms with van der Waals surface area (Å²) >= 11 is 0. The summed E-state index contributed by atoms with van der Waals surface area (Å²) in [5.41, 5.74) is 1.72. The highest BCUT2D eigenvalue weighted by Gasteiger charge is 2.32. The molecule has 0 unspecified atom stereocenters. The van der Waals surface area contributed by atoms with Gasteiger partial charge < -0.3 is 14.4 Å². The molecule has 1 fully saturated rings. The molecule has 1 amide bonds. The molecule has 0 aromatic heterocycles. The number of fused-ring (bicyclic) bond motifs is 1. The van der Waals surface area contributed by atoms with E-state index in [1.807, 2.05) is 13.0 Å². The molecule has 0 bridgehead atoms. The number of benzene rings is 2. The fourth-order valence-corrected chi connectivity index (χ4v) is 4.37. The molecule has 1 N–H and O–H groups in total. The number of nitrogens with zero attached hydrogens (tertiary/aromatic N) is 1. The zero-order valence-corrected chi connectivity index (χ0v) is 15.7. The predicted octanol–water partition coefficient (Wildman–Crippen LogP) is 2.06. The molecule has 7 nitrogen and oxygen atoms in total. The first-order chi connectivity index (χ1) is 12.9. The number of ether oxygens (including phenoxy) is 2. The Kier molecular flexibility index (Phi) is 4.53. The van der Waals surface area contributed by atoms with Crippen molar-refractivity contribution in [2.75, 3.05) is 24.8 Å². The van der Waals surface area contributed by atoms with Gasteiger partial charge in [-0.3, -0.25) is 4.79 Å². The SMILES string of the molecule is Cc1ccc(S(=O)(=O)NC[C@@H]2CC(=O)N(c3ccc4c(c3)OCO4)C2)cc1. The monoisotopic (exact) mass is 388 g/mol. The molecule has 4 rings (SSSR count). The Morgan fingerprint density at radius 1 is 1.11 bits per heavy atom. The Morgan fingerprint density at radius 3 is 2.63 bits per heavy atom. The van der Waals surface area contributed by atoms with E-state index in [4.69, 9.17) is 9.47 Å². The molecule has 0 radical (unpaired) electrons. The molecule has 0 saturated carbocycles. The second-order valence-corrected chi connectivity index (χ2v) is 8.54. The molecular weight excluding hydrogens is 368 g/mol. The van der Waals surface area contributed by atoms with Crippen molar-refractivity contribution in [1.29, 1.82) is 0 Å². The van der Waals surface area contributed by atoms with E-state index in [0.717, 1.165) is 11.3 Å². The normalized spacial score (nSPS) is 18.9. The minimum atomic E-state index is -3.59. The van der Waals surface area contributed by atoms with Crippen LogP contribution in [0.2, 0.25) is 0 Å². The number of anilines is 1. The zero-order chi connectivity index (χ0) is 19.0. The third kappa shape index (κ3) is 3.63. The summed E-state index contributed by atoms with van der Waals surface area (Å²) in [5.74, 6) is 1.15. The standard InChI is InChI=1S/C19H20N2O5S/c1-13-2-5-16(6-3-13)27(23,24)20-10-14-8-19(22)21(11-14)15-4-7-17-18(9-15)26-12-25-17/h2-7,9,14,20H,8,10-12H2,1H3/t14-/m0/s1. The number of carbonyl (C=O) groups excluding carboxylic acids is 1. The fraction of sp³-hybridized carbons (Fsp3) is 0.316. The maximum Gasteiger partial charge on any atom is 0.240 e. The highest BCUT2D eigenvalue weighted by atomic mass is 32.2. The zero-order valence-electron chi connectivity index (χ0n) is 14.8. The summed E-state index contributed by atoms with van der Waals surface area (Å²) in [7, 11) is -3.59. The maximum absolute atomic E-state index is 12.4. The van der Waals surface area contributed by atoms with E-state index in [9.17, 15) is 13.2 Å². The lowest BCUT2D eigenvalue weighted by Crippen LogP contribution is -2.31. The Hall–Kier alpha value is -2.58. The molecule has 27 heavy (non-hydrogen) atoms. The number of aryl methyl sites for hydroxylation is 1. The molecule has 2 heterocycles. The Labute approximate surface area is 157 Å². The highest BCUT2D eigenvalue weighted by molar-refractivity contribution is 7.89. The minimum Gasteiger partial charge on any atom is -0.454 e. The van der Waals surface area contributed by atoms with Crippen molar-refractivity contribution in [3.05, 3.63) is 48.0 Å². The van der Waals surface area contributed by atoms with Gasteiger partial charge in [-0.2, -0.15) is 0 Å². The van der Waals surface area contributed by atoms with Crippen LogP contribution in [0.4, 0.5) is 5.69 Å². The second-order valence-electron chi connectivity index (χ2n) is 6.78. The Bertz CT molecular complexity index is 972. The smallest absolute Gasteiger partial charge is 0.240 e. The quantitative estimate of drug-likeness (QED) is 0.847. The van der Waals surface area contributed by atoms with Gasteiger partial charge in [0.2, 0.25) is 22.7 Å². The van der Waals surface area contributed by atoms with Crippen LogP contribution in [0.1, 0.15) is 12.0 Å². The lowest BCUT2D eigenvalue weighted by atomic mass is 10.1. The molecule has 0 aliphatic carbocycles. The van der Waals surface area contributed by atoms with Crippen LogP contribution in [0.3, 0.4) is 0 Å². The molecule has 2 aliphatic heterocycles. The number of nitrogens with one attached hydrogen (secondary N) is 1. The van der Waals surface area contributed by atoms with Crippen molar-refractivity contribution in [3.63, 3.8) is 0 Å². The number of rotatable bonds is 5. The summed E-state index contributed by atoms with van der Waals surface area (Å²) in [5, 5.41) is 0. The molecule has 1 saturated heterocycles. The molecule has 0 spiro atoms. The van der Waals surface area contributed by atoms with Gasteiger partial charge in [0.05, 0.1) is 4.90 Å². The van der Waals surface area contributed by atoms with Crippen LogP contribution in [0.15, 0.2) is 47.4 Å². The van der Waals surface area contributed by atoms with Crippen LogP contribution < -0.4 is 19.1 Å². The van der Waals surface area contributed by atoms with E-state index in [-0.39, 0.29) is 30.1 Å². The first-order valence-corrected chi connectivity index (χ1v) is 10.2. The first kappa shape index (κ1) is 17.8. The fourth-order valence-electron chi connectivity index (χ4n) is 3.25. The van der Waals surface area contributed by atoms with Gasteiger partial charge in [0.15, 0.2) is 11.5 Å². The van der Waals surface area contributed by atoms with E-state index < -0.39 is 10.0 Å². The van der Waals surface area contributed by atoms with Crippen LogP contribution in [0, 0.1) is 12.8 Å². The van der Waals surface area contributed by atoms with Gasteiger partial charge in [0.1, 0.15) is 0 Å². The van der Waals surface area contributed by atoms with E-state index in [0.29, 0.717) is 24.5 Å². The summed E-state index contributed by atoms with van der Waals surface area (Å²) in [6, 6.07) is 12.0. The van der Waals surface area contributed by atoms with Crippen molar-refractivity contribution in [2.45, 2.75) is 18.2 Å². The van der Waals surface area contributed by atoms with Crippen molar-refractivity contribution in [2.24, 2.45) is 5.92 Å². The van der Waals surface area contributed by atoms with Crippen LogP contribution in [-0.2, 0) is 14.8 Å². The van der Waals surface area contributed by atoms with Gasteiger partial charge >= 0.3 is 0 Å². The molecular formula is C19H20N2O5S. The van der Waals surface area contributed by atoms with E-state index >= 15 is 0 Å². The van der Waals surface area contributed by atoms with Gasteiger partial charge in [-0.15, -0.1) is 0 Å². The Balaban J connectivity index is 1.41. The largest absolute Gasteiger partial charge is 0.454 e. The van der Waals surface area contributed by atoms with Crippen LogP contribution >= 0.6 is 0 Å². The maximum atomic E-state index is 12.4. The number of sulfonamides is 1. The van der Waals surface area contributed by atoms with Gasteiger partial charge in [-0.1, -0.05) is 17.7 Å². The van der Waals surface area contributed by atoms with Gasteiger partial charge in [0.25, 0.3) is 0 Å². The van der Waals surface area contributed by atoms with E-state index in [1.165, 1.54) is 0 Å². The number of hydrogen-bond donors (Lipinski definition) is 1. The van der Waals surface area contributed by atoms with Crippen LogP contribution in [0.5, 0.6) is 11.5 Å². The van der Waals surface area contributed by atoms with Gasteiger partial charge in [0, 0.05) is 31.3 Å². The third-order valence-electron chi connectivity index (χ3n) is 4.77. The number of carbonyl (C=O) groups is 1. The summed E-state index contributed by atoms with van der Waals surface area (Å²) in [6.45, 7) is 2.74. The second kappa shape index (κ2) is 6.86. The molecule has 8 heteroatoms.